The first-order chi connectivity index (χ1) is 9.83. The summed E-state index contributed by atoms with van der Waals surface area (Å²) in [5.41, 5.74) is 3.32. The highest BCUT2D eigenvalue weighted by Crippen LogP contribution is 2.19. The Hall–Kier alpha value is -2.14. The number of hydrogen-bond acceptors (Lipinski definition) is 3. The molecule has 0 aliphatic carbocycles. The first-order valence-corrected chi connectivity index (χ1v) is 7.04. The summed E-state index contributed by atoms with van der Waals surface area (Å²) in [6.07, 6.45) is 3.37. The molecule has 5 heteroatoms. The highest BCUT2D eigenvalue weighted by Gasteiger charge is 2.00. The molecule has 0 spiro atoms. The van der Waals surface area contributed by atoms with Gasteiger partial charge in [-0.1, -0.05) is 40.2 Å². The molecule has 0 unspecified atom stereocenters. The molecule has 0 fully saturated rings. The van der Waals surface area contributed by atoms with Crippen LogP contribution in [0.2, 0.25) is 0 Å². The van der Waals surface area contributed by atoms with Crippen molar-refractivity contribution in [3.63, 3.8) is 0 Å². The molecule has 4 nitrogen and oxygen atoms in total. The summed E-state index contributed by atoms with van der Waals surface area (Å²) in [7, 11) is 0. The van der Waals surface area contributed by atoms with E-state index in [0.717, 1.165) is 22.4 Å². The molecule has 1 heterocycles. The largest absolute Gasteiger partial charge is 0.381 e. The van der Waals surface area contributed by atoms with E-state index >= 15 is 0 Å². The molecule has 2 aromatic carbocycles. The van der Waals surface area contributed by atoms with Crippen LogP contribution >= 0.6 is 15.9 Å². The summed E-state index contributed by atoms with van der Waals surface area (Å²) in [4.78, 5) is 0. The van der Waals surface area contributed by atoms with Gasteiger partial charge in [0.1, 0.15) is 12.7 Å². The predicted octanol–water partition coefficient (Wildman–Crippen LogP) is 3.64. The lowest BCUT2D eigenvalue weighted by molar-refractivity contribution is 1.05. The topological polar surface area (TPSA) is 42.7 Å². The monoisotopic (exact) mass is 328 g/mol. The Balaban J connectivity index is 1.75. The van der Waals surface area contributed by atoms with Crippen LogP contribution in [0.3, 0.4) is 0 Å². The summed E-state index contributed by atoms with van der Waals surface area (Å²) >= 11 is 3.56. The average molecular weight is 329 g/mol. The van der Waals surface area contributed by atoms with Gasteiger partial charge in [-0.25, -0.2) is 0 Å². The minimum atomic E-state index is 0.771. The van der Waals surface area contributed by atoms with Crippen LogP contribution in [0.5, 0.6) is 0 Å². The van der Waals surface area contributed by atoms with Gasteiger partial charge in [0.2, 0.25) is 0 Å². The van der Waals surface area contributed by atoms with E-state index in [-0.39, 0.29) is 0 Å². The Bertz CT molecular complexity index is 695. The third kappa shape index (κ3) is 2.88. The number of nitrogens with one attached hydrogen (secondary N) is 1. The number of halogens is 1. The van der Waals surface area contributed by atoms with Gasteiger partial charge >= 0.3 is 0 Å². The van der Waals surface area contributed by atoms with E-state index in [9.17, 15) is 0 Å². The van der Waals surface area contributed by atoms with Gasteiger partial charge in [-0.05, 0) is 29.8 Å². The molecule has 0 atom stereocenters. The molecule has 0 saturated heterocycles. The van der Waals surface area contributed by atoms with Gasteiger partial charge in [0.05, 0.1) is 5.69 Å². The van der Waals surface area contributed by atoms with Gasteiger partial charge in [0.25, 0.3) is 0 Å². The molecule has 20 heavy (non-hydrogen) atoms. The van der Waals surface area contributed by atoms with Crippen LogP contribution in [0.4, 0.5) is 5.69 Å². The number of benzene rings is 2. The molecule has 0 radical (unpaired) electrons. The minimum absolute atomic E-state index is 0.771. The Morgan fingerprint density at radius 3 is 2.60 bits per heavy atom. The second kappa shape index (κ2) is 5.88. The van der Waals surface area contributed by atoms with Crippen molar-refractivity contribution >= 4 is 21.6 Å². The van der Waals surface area contributed by atoms with Crippen LogP contribution in [0.1, 0.15) is 5.56 Å². The molecule has 3 aromatic rings. The summed E-state index contributed by atoms with van der Waals surface area (Å²) in [6, 6.07) is 16.3. The lowest BCUT2D eigenvalue weighted by atomic mass is 10.2. The summed E-state index contributed by atoms with van der Waals surface area (Å²) < 4.78 is 2.99. The number of nitrogens with zero attached hydrogens (tertiary/aromatic N) is 3. The number of rotatable bonds is 4. The Morgan fingerprint density at radius 1 is 1.00 bits per heavy atom. The van der Waals surface area contributed by atoms with Crippen molar-refractivity contribution < 1.29 is 0 Å². The maximum Gasteiger partial charge on any atom is 0.123 e. The van der Waals surface area contributed by atoms with Crippen molar-refractivity contribution in [3.05, 3.63) is 71.2 Å². The zero-order valence-electron chi connectivity index (χ0n) is 10.7. The molecule has 0 aliphatic heterocycles. The molecule has 0 amide bonds. The second-order valence-corrected chi connectivity index (χ2v) is 5.22. The molecule has 1 N–H and O–H groups in total. The highest BCUT2D eigenvalue weighted by molar-refractivity contribution is 9.10. The van der Waals surface area contributed by atoms with Crippen LogP contribution in [-0.4, -0.2) is 14.8 Å². The fourth-order valence-corrected chi connectivity index (χ4v) is 2.37. The van der Waals surface area contributed by atoms with Crippen molar-refractivity contribution in [2.24, 2.45) is 0 Å². The molecule has 0 bridgehead atoms. The van der Waals surface area contributed by atoms with E-state index in [0.29, 0.717) is 0 Å². The Kier molecular flexibility index (Phi) is 3.78. The second-order valence-electron chi connectivity index (χ2n) is 4.36. The zero-order chi connectivity index (χ0) is 13.8. The van der Waals surface area contributed by atoms with Gasteiger partial charge in [0.15, 0.2) is 0 Å². The van der Waals surface area contributed by atoms with Crippen molar-refractivity contribution in [2.45, 2.75) is 6.54 Å². The van der Waals surface area contributed by atoms with Crippen LogP contribution in [0.25, 0.3) is 5.69 Å². The van der Waals surface area contributed by atoms with Crippen molar-refractivity contribution in [3.8, 4) is 5.69 Å². The zero-order valence-corrected chi connectivity index (χ0v) is 12.3. The lowest BCUT2D eigenvalue weighted by Gasteiger charge is -2.10. The smallest absolute Gasteiger partial charge is 0.123 e. The molecular weight excluding hydrogens is 316 g/mol. The Morgan fingerprint density at radius 2 is 1.80 bits per heavy atom. The van der Waals surface area contributed by atoms with E-state index in [1.54, 1.807) is 12.7 Å². The van der Waals surface area contributed by atoms with Crippen LogP contribution in [0, 0.1) is 0 Å². The fraction of sp³-hybridized carbons (Fsp3) is 0.0667. The van der Waals surface area contributed by atoms with Crippen molar-refractivity contribution in [1.82, 2.24) is 14.8 Å². The van der Waals surface area contributed by atoms with E-state index in [2.05, 4.69) is 43.6 Å². The first kappa shape index (κ1) is 12.9. The Labute approximate surface area is 125 Å². The highest BCUT2D eigenvalue weighted by atomic mass is 79.9. The SMILES string of the molecule is Brc1ccccc1CNc1cccc(-n2cnnc2)c1. The van der Waals surface area contributed by atoms with E-state index in [4.69, 9.17) is 0 Å². The van der Waals surface area contributed by atoms with E-state index in [1.165, 1.54) is 5.56 Å². The molecular formula is C15H13BrN4. The molecule has 0 aliphatic rings. The summed E-state index contributed by atoms with van der Waals surface area (Å²) in [6.45, 7) is 0.771. The quantitative estimate of drug-likeness (QED) is 0.795. The number of aromatic nitrogens is 3. The van der Waals surface area contributed by atoms with Gasteiger partial charge < -0.3 is 5.32 Å². The predicted molar refractivity (Wildman–Crippen MR) is 82.8 cm³/mol. The summed E-state index contributed by atoms with van der Waals surface area (Å²) in [5, 5.41) is 11.1. The standard InChI is InChI=1S/C15H13BrN4/c16-15-7-2-1-4-12(15)9-17-13-5-3-6-14(8-13)20-10-18-19-11-20/h1-8,10-11,17H,9H2. The average Bonchev–Trinajstić information content (AvgIpc) is 3.01. The summed E-state index contributed by atoms with van der Waals surface area (Å²) in [5.74, 6) is 0. The maximum absolute atomic E-state index is 3.82. The first-order valence-electron chi connectivity index (χ1n) is 6.25. The van der Waals surface area contributed by atoms with Crippen LogP contribution in [0.15, 0.2) is 65.7 Å². The molecule has 1 aromatic heterocycles. The molecule has 3 rings (SSSR count). The molecule has 100 valence electrons. The van der Waals surface area contributed by atoms with Crippen molar-refractivity contribution in [1.29, 1.82) is 0 Å². The van der Waals surface area contributed by atoms with Gasteiger partial charge in [-0.15, -0.1) is 10.2 Å². The number of hydrogen-bond donors (Lipinski definition) is 1. The van der Waals surface area contributed by atoms with Crippen LogP contribution < -0.4 is 5.32 Å². The van der Waals surface area contributed by atoms with E-state index < -0.39 is 0 Å². The van der Waals surface area contributed by atoms with Crippen molar-refractivity contribution in [2.75, 3.05) is 5.32 Å². The fourth-order valence-electron chi connectivity index (χ4n) is 1.95. The third-order valence-electron chi connectivity index (χ3n) is 3.00. The maximum atomic E-state index is 3.82. The third-order valence-corrected chi connectivity index (χ3v) is 3.78. The van der Waals surface area contributed by atoms with Gasteiger partial charge in [-0.3, -0.25) is 4.57 Å². The lowest BCUT2D eigenvalue weighted by Crippen LogP contribution is -2.01. The normalized spacial score (nSPS) is 10.4. The minimum Gasteiger partial charge on any atom is -0.381 e. The van der Waals surface area contributed by atoms with E-state index in [1.807, 2.05) is 41.0 Å². The number of anilines is 1. The van der Waals surface area contributed by atoms with Gasteiger partial charge in [-0.2, -0.15) is 0 Å². The van der Waals surface area contributed by atoms with Gasteiger partial charge in [0, 0.05) is 16.7 Å². The van der Waals surface area contributed by atoms with Crippen LogP contribution in [-0.2, 0) is 6.54 Å². The molecule has 0 saturated carbocycles.